The first kappa shape index (κ1) is 14.0. The van der Waals surface area contributed by atoms with Crippen LogP contribution in [0.4, 0.5) is 0 Å². The fraction of sp³-hybridized carbons (Fsp3) is 0.500. The van der Waals surface area contributed by atoms with Crippen LogP contribution in [-0.2, 0) is 14.4 Å². The molecule has 6 nitrogen and oxygen atoms in total. The van der Waals surface area contributed by atoms with Gasteiger partial charge < -0.3 is 15.7 Å². The van der Waals surface area contributed by atoms with Crippen molar-refractivity contribution in [1.29, 1.82) is 0 Å². The van der Waals surface area contributed by atoms with Gasteiger partial charge in [-0.05, 0) is 0 Å². The molecule has 0 aromatic rings. The lowest BCUT2D eigenvalue weighted by molar-refractivity contribution is -0.141. The fourth-order valence-corrected chi connectivity index (χ4v) is 0.936. The van der Waals surface area contributed by atoms with Crippen molar-refractivity contribution in [2.45, 2.75) is 25.8 Å². The highest BCUT2D eigenvalue weighted by Gasteiger charge is 2.18. The van der Waals surface area contributed by atoms with Gasteiger partial charge in [-0.15, -0.1) is 12.3 Å². The average molecular weight is 226 g/mol. The maximum absolute atomic E-state index is 11.2. The van der Waals surface area contributed by atoms with Gasteiger partial charge in [-0.1, -0.05) is 0 Å². The SMILES string of the molecule is C#CCC(NC(=O)CCNC(C)=O)C(=O)O. The number of carboxylic acids is 1. The lowest BCUT2D eigenvalue weighted by Crippen LogP contribution is -2.41. The Bertz CT molecular complexity index is 319. The molecule has 1 unspecified atom stereocenters. The van der Waals surface area contributed by atoms with Gasteiger partial charge in [0.2, 0.25) is 11.8 Å². The first-order chi connectivity index (χ1) is 7.47. The largest absolute Gasteiger partial charge is 0.480 e. The molecule has 0 rings (SSSR count). The van der Waals surface area contributed by atoms with Crippen LogP contribution >= 0.6 is 0 Å². The van der Waals surface area contributed by atoms with E-state index in [0.717, 1.165) is 0 Å². The van der Waals surface area contributed by atoms with E-state index in [1.54, 1.807) is 0 Å². The van der Waals surface area contributed by atoms with E-state index < -0.39 is 17.9 Å². The molecule has 6 heteroatoms. The number of terminal acetylenes is 1. The molecule has 0 aromatic carbocycles. The molecule has 0 bridgehead atoms. The standard InChI is InChI=1S/C10H14N2O4/c1-3-4-8(10(15)16)12-9(14)5-6-11-7(2)13/h1,8H,4-6H2,2H3,(H,11,13)(H,12,14)(H,15,16). The number of nitrogens with one attached hydrogen (secondary N) is 2. The van der Waals surface area contributed by atoms with Crippen LogP contribution in [0.25, 0.3) is 0 Å². The lowest BCUT2D eigenvalue weighted by Gasteiger charge is -2.11. The van der Waals surface area contributed by atoms with Crippen LogP contribution in [0.2, 0.25) is 0 Å². The van der Waals surface area contributed by atoms with E-state index >= 15 is 0 Å². The summed E-state index contributed by atoms with van der Waals surface area (Å²) in [5.41, 5.74) is 0. The third-order valence-corrected chi connectivity index (χ3v) is 1.68. The third-order valence-electron chi connectivity index (χ3n) is 1.68. The van der Waals surface area contributed by atoms with Gasteiger partial charge in [0.25, 0.3) is 0 Å². The number of aliphatic carboxylic acids is 1. The summed E-state index contributed by atoms with van der Waals surface area (Å²) < 4.78 is 0. The zero-order valence-electron chi connectivity index (χ0n) is 8.95. The van der Waals surface area contributed by atoms with Crippen LogP contribution in [-0.4, -0.2) is 35.5 Å². The van der Waals surface area contributed by atoms with Gasteiger partial charge in [0.1, 0.15) is 6.04 Å². The summed E-state index contributed by atoms with van der Waals surface area (Å²) in [5.74, 6) is 0.282. The second kappa shape index (κ2) is 7.29. The Morgan fingerprint density at radius 1 is 1.44 bits per heavy atom. The van der Waals surface area contributed by atoms with E-state index in [1.165, 1.54) is 6.92 Å². The predicted octanol–water partition coefficient (Wildman–Crippen LogP) is -0.895. The fourth-order valence-electron chi connectivity index (χ4n) is 0.936. The minimum absolute atomic E-state index is 0.0218. The quantitative estimate of drug-likeness (QED) is 0.512. The monoisotopic (exact) mass is 226 g/mol. The summed E-state index contributed by atoms with van der Waals surface area (Å²) in [4.78, 5) is 32.3. The maximum atomic E-state index is 11.2. The van der Waals surface area contributed by atoms with Crippen LogP contribution in [0.15, 0.2) is 0 Å². The van der Waals surface area contributed by atoms with Crippen molar-refractivity contribution in [3.63, 3.8) is 0 Å². The Balaban J connectivity index is 3.96. The molecular formula is C10H14N2O4. The zero-order chi connectivity index (χ0) is 12.6. The van der Waals surface area contributed by atoms with Crippen LogP contribution in [0.5, 0.6) is 0 Å². The van der Waals surface area contributed by atoms with Crippen molar-refractivity contribution < 1.29 is 19.5 Å². The molecule has 1 atom stereocenters. The van der Waals surface area contributed by atoms with Crippen molar-refractivity contribution in [1.82, 2.24) is 10.6 Å². The molecule has 0 aliphatic carbocycles. The first-order valence-corrected chi connectivity index (χ1v) is 4.67. The Hall–Kier alpha value is -2.03. The van der Waals surface area contributed by atoms with Crippen LogP contribution in [0.3, 0.4) is 0 Å². The van der Waals surface area contributed by atoms with E-state index in [2.05, 4.69) is 16.6 Å². The third kappa shape index (κ3) is 6.43. The van der Waals surface area contributed by atoms with Crippen molar-refractivity contribution in [2.75, 3.05) is 6.54 Å². The molecule has 0 spiro atoms. The number of amides is 2. The molecule has 0 radical (unpaired) electrons. The second-order valence-electron chi connectivity index (χ2n) is 3.10. The smallest absolute Gasteiger partial charge is 0.327 e. The number of hydrogen-bond donors (Lipinski definition) is 3. The van der Waals surface area contributed by atoms with Crippen molar-refractivity contribution in [3.8, 4) is 12.3 Å². The van der Waals surface area contributed by atoms with E-state index in [0.29, 0.717) is 0 Å². The highest BCUT2D eigenvalue weighted by Crippen LogP contribution is 1.92. The molecule has 88 valence electrons. The summed E-state index contributed by atoms with van der Waals surface area (Å²) in [6.45, 7) is 1.50. The number of carbonyl (C=O) groups is 3. The zero-order valence-corrected chi connectivity index (χ0v) is 8.95. The highest BCUT2D eigenvalue weighted by atomic mass is 16.4. The first-order valence-electron chi connectivity index (χ1n) is 4.67. The van der Waals surface area contributed by atoms with E-state index in [-0.39, 0.29) is 25.3 Å². The second-order valence-corrected chi connectivity index (χ2v) is 3.10. The van der Waals surface area contributed by atoms with E-state index in [1.807, 2.05) is 0 Å². The van der Waals surface area contributed by atoms with Crippen molar-refractivity contribution in [2.24, 2.45) is 0 Å². The molecule has 0 aromatic heterocycles. The maximum Gasteiger partial charge on any atom is 0.327 e. The molecule has 0 aliphatic rings. The topological polar surface area (TPSA) is 95.5 Å². The van der Waals surface area contributed by atoms with Crippen LogP contribution < -0.4 is 10.6 Å². The summed E-state index contributed by atoms with van der Waals surface area (Å²) in [6, 6.07) is -1.07. The van der Waals surface area contributed by atoms with Crippen molar-refractivity contribution >= 4 is 17.8 Å². The van der Waals surface area contributed by atoms with Crippen LogP contribution in [0, 0.1) is 12.3 Å². The molecule has 2 amide bonds. The summed E-state index contributed by atoms with van der Waals surface area (Å²) in [6.07, 6.45) is 4.91. The number of rotatable bonds is 6. The van der Waals surface area contributed by atoms with Gasteiger partial charge in [-0.25, -0.2) is 4.79 Å². The van der Waals surface area contributed by atoms with Gasteiger partial charge in [0, 0.05) is 26.3 Å². The number of carbonyl (C=O) groups excluding carboxylic acids is 2. The van der Waals surface area contributed by atoms with E-state index in [4.69, 9.17) is 11.5 Å². The number of carboxylic acid groups (broad SMARTS) is 1. The molecule has 0 saturated heterocycles. The van der Waals surface area contributed by atoms with Gasteiger partial charge in [0.15, 0.2) is 0 Å². The Kier molecular flexibility index (Phi) is 6.36. The lowest BCUT2D eigenvalue weighted by atomic mass is 10.2. The summed E-state index contributed by atoms with van der Waals surface area (Å²) >= 11 is 0. The Morgan fingerprint density at radius 3 is 2.50 bits per heavy atom. The Labute approximate surface area is 93.4 Å². The van der Waals surface area contributed by atoms with Crippen LogP contribution in [0.1, 0.15) is 19.8 Å². The van der Waals surface area contributed by atoms with Gasteiger partial charge in [-0.3, -0.25) is 9.59 Å². The molecule has 0 saturated carbocycles. The summed E-state index contributed by atoms with van der Waals surface area (Å²) in [5, 5.41) is 13.4. The molecule has 16 heavy (non-hydrogen) atoms. The molecule has 0 aliphatic heterocycles. The Morgan fingerprint density at radius 2 is 2.06 bits per heavy atom. The molecular weight excluding hydrogens is 212 g/mol. The highest BCUT2D eigenvalue weighted by molar-refractivity contribution is 5.84. The number of hydrogen-bond acceptors (Lipinski definition) is 3. The molecule has 0 fully saturated rings. The van der Waals surface area contributed by atoms with Gasteiger partial charge in [0.05, 0.1) is 0 Å². The summed E-state index contributed by atoms with van der Waals surface area (Å²) in [7, 11) is 0. The molecule has 3 N–H and O–H groups in total. The van der Waals surface area contributed by atoms with Gasteiger partial charge in [-0.2, -0.15) is 0 Å². The minimum atomic E-state index is -1.18. The molecule has 0 heterocycles. The predicted molar refractivity (Wildman–Crippen MR) is 56.3 cm³/mol. The normalized spacial score (nSPS) is 11.0. The van der Waals surface area contributed by atoms with Crippen molar-refractivity contribution in [3.05, 3.63) is 0 Å². The van der Waals surface area contributed by atoms with Gasteiger partial charge >= 0.3 is 5.97 Å². The minimum Gasteiger partial charge on any atom is -0.480 e. The van der Waals surface area contributed by atoms with E-state index in [9.17, 15) is 14.4 Å². The average Bonchev–Trinajstić information content (AvgIpc) is 2.16.